The molecule has 0 aromatic heterocycles. The number of aryl methyl sites for hydroxylation is 2. The normalized spacial score (nSPS) is 11.4. The molecule has 0 saturated heterocycles. The average molecular weight is 283 g/mol. The first-order valence-corrected chi connectivity index (χ1v) is 7.12. The average Bonchev–Trinajstić information content (AvgIpc) is 2.30. The molecule has 2 nitrogen and oxygen atoms in total. The number of carbonyl (C=O) groups excluding carboxylic acids is 1. The van der Waals surface area contributed by atoms with Gasteiger partial charge in [0.2, 0.25) is 0 Å². The van der Waals surface area contributed by atoms with Crippen molar-refractivity contribution in [1.82, 2.24) is 0 Å². The summed E-state index contributed by atoms with van der Waals surface area (Å²) >= 11 is 6.12. The number of hydrogen-bond donors (Lipinski definition) is 0. The lowest BCUT2D eigenvalue weighted by molar-refractivity contribution is -0.145. The summed E-state index contributed by atoms with van der Waals surface area (Å²) in [6.45, 7) is 8.47. The van der Waals surface area contributed by atoms with Crippen molar-refractivity contribution in [3.05, 3.63) is 34.3 Å². The van der Waals surface area contributed by atoms with Gasteiger partial charge in [0.15, 0.2) is 0 Å². The Hall–Kier alpha value is -1.02. The predicted molar refractivity (Wildman–Crippen MR) is 79.5 cm³/mol. The summed E-state index contributed by atoms with van der Waals surface area (Å²) in [5.41, 5.74) is 2.26. The monoisotopic (exact) mass is 282 g/mol. The van der Waals surface area contributed by atoms with Crippen LogP contribution >= 0.6 is 11.6 Å². The molecule has 0 spiro atoms. The molecule has 106 valence electrons. The second kappa shape index (κ2) is 6.95. The van der Waals surface area contributed by atoms with E-state index in [4.69, 9.17) is 16.3 Å². The lowest BCUT2D eigenvalue weighted by Gasteiger charge is -2.23. The van der Waals surface area contributed by atoms with E-state index in [1.807, 2.05) is 26.0 Å². The Morgan fingerprint density at radius 2 is 2.05 bits per heavy atom. The van der Waals surface area contributed by atoms with Gasteiger partial charge in [-0.25, -0.2) is 0 Å². The summed E-state index contributed by atoms with van der Waals surface area (Å²) in [6.07, 6.45) is 2.32. The van der Waals surface area contributed by atoms with Crippen LogP contribution in [-0.2, 0) is 16.0 Å². The number of halogens is 1. The molecule has 1 aromatic rings. The zero-order valence-electron chi connectivity index (χ0n) is 12.3. The van der Waals surface area contributed by atoms with Gasteiger partial charge >= 0.3 is 5.97 Å². The number of rotatable bonds is 6. The zero-order valence-corrected chi connectivity index (χ0v) is 13.0. The number of ether oxygens (including phenoxy) is 1. The van der Waals surface area contributed by atoms with Crippen LogP contribution in [0.4, 0.5) is 0 Å². The Morgan fingerprint density at radius 3 is 2.63 bits per heavy atom. The van der Waals surface area contributed by atoms with Crippen molar-refractivity contribution < 1.29 is 9.53 Å². The van der Waals surface area contributed by atoms with Crippen molar-refractivity contribution in [2.45, 2.75) is 47.0 Å². The fraction of sp³-hybridized carbons (Fsp3) is 0.562. The van der Waals surface area contributed by atoms with E-state index in [0.717, 1.165) is 23.4 Å². The van der Waals surface area contributed by atoms with Gasteiger partial charge in [0.1, 0.15) is 0 Å². The summed E-state index contributed by atoms with van der Waals surface area (Å²) in [6, 6.07) is 6.15. The predicted octanol–water partition coefficient (Wildman–Crippen LogP) is 4.56. The Bertz CT molecular complexity index is 438. The summed E-state index contributed by atoms with van der Waals surface area (Å²) in [7, 11) is 0. The molecule has 0 N–H and O–H groups in total. The molecule has 19 heavy (non-hydrogen) atoms. The Labute approximate surface area is 121 Å². The highest BCUT2D eigenvalue weighted by atomic mass is 35.5. The van der Waals surface area contributed by atoms with Crippen molar-refractivity contribution in [2.75, 3.05) is 6.61 Å². The molecule has 0 aliphatic rings. The quantitative estimate of drug-likeness (QED) is 0.715. The maximum absolute atomic E-state index is 11.5. The van der Waals surface area contributed by atoms with Gasteiger partial charge in [0, 0.05) is 5.02 Å². The van der Waals surface area contributed by atoms with Crippen LogP contribution in [0.15, 0.2) is 18.2 Å². The zero-order chi connectivity index (χ0) is 14.5. The van der Waals surface area contributed by atoms with E-state index in [-0.39, 0.29) is 11.4 Å². The Morgan fingerprint density at radius 1 is 1.37 bits per heavy atom. The fourth-order valence-corrected chi connectivity index (χ4v) is 2.17. The Kier molecular flexibility index (Phi) is 5.86. The number of esters is 1. The summed E-state index contributed by atoms with van der Waals surface area (Å²) in [5, 5.41) is 0.806. The highest BCUT2D eigenvalue weighted by molar-refractivity contribution is 6.31. The van der Waals surface area contributed by atoms with Crippen LogP contribution in [-0.4, -0.2) is 12.6 Å². The molecule has 0 aliphatic heterocycles. The molecule has 0 heterocycles. The third kappa shape index (κ3) is 5.65. The minimum atomic E-state index is -0.116. The molecule has 0 amide bonds. The number of hydrogen-bond acceptors (Lipinski definition) is 2. The highest BCUT2D eigenvalue weighted by Gasteiger charge is 2.22. The van der Waals surface area contributed by atoms with Crippen molar-refractivity contribution >= 4 is 17.6 Å². The van der Waals surface area contributed by atoms with Crippen molar-refractivity contribution in [3.63, 3.8) is 0 Å². The van der Waals surface area contributed by atoms with E-state index >= 15 is 0 Å². The van der Waals surface area contributed by atoms with Crippen molar-refractivity contribution in [2.24, 2.45) is 5.41 Å². The maximum atomic E-state index is 11.5. The number of benzene rings is 1. The lowest BCUT2D eigenvalue weighted by Crippen LogP contribution is -2.19. The van der Waals surface area contributed by atoms with E-state index < -0.39 is 0 Å². The van der Waals surface area contributed by atoms with Crippen LogP contribution in [0, 0.1) is 12.3 Å². The van der Waals surface area contributed by atoms with Gasteiger partial charge in [-0.2, -0.15) is 0 Å². The van der Waals surface area contributed by atoms with Crippen LogP contribution in [0.3, 0.4) is 0 Å². The second-order valence-electron chi connectivity index (χ2n) is 5.73. The molecule has 3 heteroatoms. The van der Waals surface area contributed by atoms with Gasteiger partial charge in [0.25, 0.3) is 0 Å². The summed E-state index contributed by atoms with van der Waals surface area (Å²) in [4.78, 5) is 11.5. The minimum absolute atomic E-state index is 0.0520. The Balaban J connectivity index is 2.54. The standard InChI is InChI=1S/C16H23ClO2/c1-5-19-15(18)11-16(3,4)9-8-13-7-6-12(2)14(17)10-13/h6-7,10H,5,8-9,11H2,1-4H3. The van der Waals surface area contributed by atoms with E-state index in [0.29, 0.717) is 13.0 Å². The third-order valence-corrected chi connectivity index (χ3v) is 3.66. The van der Waals surface area contributed by atoms with Crippen molar-refractivity contribution in [1.29, 1.82) is 0 Å². The van der Waals surface area contributed by atoms with Crippen LogP contribution in [0.5, 0.6) is 0 Å². The molecule has 0 bridgehead atoms. The van der Waals surface area contributed by atoms with E-state index in [1.54, 1.807) is 0 Å². The first-order valence-electron chi connectivity index (χ1n) is 6.75. The van der Waals surface area contributed by atoms with Gasteiger partial charge in [-0.1, -0.05) is 37.6 Å². The molecule has 1 rings (SSSR count). The first-order chi connectivity index (χ1) is 8.84. The van der Waals surface area contributed by atoms with Crippen LogP contribution in [0.25, 0.3) is 0 Å². The molecule has 1 aromatic carbocycles. The van der Waals surface area contributed by atoms with Gasteiger partial charge in [-0.15, -0.1) is 0 Å². The molecule has 0 aliphatic carbocycles. The molecule has 0 unspecified atom stereocenters. The molecule has 0 fully saturated rings. The van der Waals surface area contributed by atoms with Gasteiger partial charge in [0.05, 0.1) is 13.0 Å². The maximum Gasteiger partial charge on any atom is 0.306 e. The molecule has 0 radical (unpaired) electrons. The van der Waals surface area contributed by atoms with Gasteiger partial charge in [-0.05, 0) is 49.3 Å². The van der Waals surface area contributed by atoms with Crippen molar-refractivity contribution in [3.8, 4) is 0 Å². The topological polar surface area (TPSA) is 26.3 Å². The van der Waals surface area contributed by atoms with Crippen LogP contribution in [0.1, 0.15) is 44.7 Å². The highest BCUT2D eigenvalue weighted by Crippen LogP contribution is 2.28. The summed E-state index contributed by atoms with van der Waals surface area (Å²) < 4.78 is 5.00. The second-order valence-corrected chi connectivity index (χ2v) is 6.14. The van der Waals surface area contributed by atoms with E-state index in [9.17, 15) is 4.79 Å². The first kappa shape index (κ1) is 16.0. The molecule has 0 saturated carbocycles. The van der Waals surface area contributed by atoms with Crippen LogP contribution < -0.4 is 0 Å². The third-order valence-electron chi connectivity index (χ3n) is 3.25. The van der Waals surface area contributed by atoms with E-state index in [2.05, 4.69) is 19.9 Å². The minimum Gasteiger partial charge on any atom is -0.466 e. The SMILES string of the molecule is CCOC(=O)CC(C)(C)CCc1ccc(C)c(Cl)c1. The number of carbonyl (C=O) groups is 1. The fourth-order valence-electron chi connectivity index (χ4n) is 1.97. The largest absolute Gasteiger partial charge is 0.466 e. The molecular formula is C16H23ClO2. The molecule has 0 atom stereocenters. The molecular weight excluding hydrogens is 260 g/mol. The van der Waals surface area contributed by atoms with Gasteiger partial charge in [-0.3, -0.25) is 4.79 Å². The lowest BCUT2D eigenvalue weighted by atomic mass is 9.83. The summed E-state index contributed by atoms with van der Waals surface area (Å²) in [5.74, 6) is -0.116. The van der Waals surface area contributed by atoms with Gasteiger partial charge < -0.3 is 4.74 Å². The van der Waals surface area contributed by atoms with Crippen LogP contribution in [0.2, 0.25) is 5.02 Å². The smallest absolute Gasteiger partial charge is 0.306 e. The van der Waals surface area contributed by atoms with E-state index in [1.165, 1.54) is 5.56 Å².